The highest BCUT2D eigenvalue weighted by atomic mass is 35.5. The predicted molar refractivity (Wildman–Crippen MR) is 161 cm³/mol. The minimum Gasteiger partial charge on any atom is -0.463 e. The van der Waals surface area contributed by atoms with E-state index in [1.54, 1.807) is 48.5 Å². The van der Waals surface area contributed by atoms with Crippen molar-refractivity contribution in [1.82, 2.24) is 0 Å². The van der Waals surface area contributed by atoms with E-state index in [2.05, 4.69) is 0 Å². The Morgan fingerprint density at radius 3 is 1.72 bits per heavy atom. The van der Waals surface area contributed by atoms with E-state index < -0.39 is 72.6 Å². The number of esters is 4. The van der Waals surface area contributed by atoms with Gasteiger partial charge in [0, 0.05) is 60.5 Å². The number of fused-ring (bicyclic) bond motifs is 2. The number of ketones is 2. The van der Waals surface area contributed by atoms with Crippen LogP contribution in [0.2, 0.25) is 5.02 Å². The van der Waals surface area contributed by atoms with Gasteiger partial charge in [0.15, 0.2) is 29.9 Å². The number of benzene rings is 3. The molecule has 12 heteroatoms. The van der Waals surface area contributed by atoms with E-state index in [0.717, 1.165) is 27.7 Å². The van der Waals surface area contributed by atoms with Crippen LogP contribution >= 0.6 is 11.6 Å². The second-order valence-corrected chi connectivity index (χ2v) is 11.2. The molecule has 0 aromatic heterocycles. The molecule has 11 nitrogen and oxygen atoms in total. The van der Waals surface area contributed by atoms with E-state index in [4.69, 9.17) is 35.3 Å². The molecule has 2 aliphatic rings. The van der Waals surface area contributed by atoms with Crippen molar-refractivity contribution in [3.63, 3.8) is 0 Å². The van der Waals surface area contributed by atoms with Crippen molar-refractivity contribution < 1.29 is 52.5 Å². The van der Waals surface area contributed by atoms with Crippen LogP contribution < -0.4 is 0 Å². The van der Waals surface area contributed by atoms with Crippen molar-refractivity contribution in [2.45, 2.75) is 58.2 Å². The Labute approximate surface area is 268 Å². The molecule has 238 valence electrons. The van der Waals surface area contributed by atoms with Crippen molar-refractivity contribution in [1.29, 1.82) is 0 Å². The van der Waals surface area contributed by atoms with E-state index in [1.807, 2.05) is 0 Å². The molecule has 1 heterocycles. The zero-order valence-electron chi connectivity index (χ0n) is 25.2. The molecular weight excluding hydrogens is 620 g/mol. The summed E-state index contributed by atoms with van der Waals surface area (Å²) in [7, 11) is 0. The van der Waals surface area contributed by atoms with Gasteiger partial charge in [0.2, 0.25) is 0 Å². The first-order valence-corrected chi connectivity index (χ1v) is 14.7. The lowest BCUT2D eigenvalue weighted by molar-refractivity contribution is -0.254. The van der Waals surface area contributed by atoms with E-state index >= 15 is 0 Å². The minimum atomic E-state index is -1.48. The Morgan fingerprint density at radius 2 is 1.15 bits per heavy atom. The van der Waals surface area contributed by atoms with Gasteiger partial charge in [-0.15, -0.1) is 0 Å². The number of ether oxygens (including phenoxy) is 5. The molecule has 5 atom stereocenters. The van der Waals surface area contributed by atoms with Gasteiger partial charge in [0.25, 0.3) is 0 Å². The van der Waals surface area contributed by atoms with Gasteiger partial charge in [-0.1, -0.05) is 66.2 Å². The van der Waals surface area contributed by atoms with Crippen molar-refractivity contribution in [3.8, 4) is 11.1 Å². The van der Waals surface area contributed by atoms with Crippen LogP contribution in [0.25, 0.3) is 11.1 Å². The molecule has 0 radical (unpaired) electrons. The van der Waals surface area contributed by atoms with Gasteiger partial charge in [-0.25, -0.2) is 0 Å². The fraction of sp³-hybridized carbons (Fsp3) is 0.294. The maximum Gasteiger partial charge on any atom is 0.303 e. The van der Waals surface area contributed by atoms with Gasteiger partial charge in [0.05, 0.1) is 0 Å². The van der Waals surface area contributed by atoms with Crippen LogP contribution in [-0.2, 0) is 42.9 Å². The molecule has 0 bridgehead atoms. The number of halogens is 1. The monoisotopic (exact) mass is 648 g/mol. The van der Waals surface area contributed by atoms with Crippen LogP contribution in [0.15, 0.2) is 60.7 Å². The fourth-order valence-electron chi connectivity index (χ4n) is 5.87. The summed E-state index contributed by atoms with van der Waals surface area (Å²) in [6.07, 6.45) is -6.97. The summed E-state index contributed by atoms with van der Waals surface area (Å²) in [5, 5.41) is 0.337. The van der Waals surface area contributed by atoms with Crippen molar-refractivity contribution in [2.75, 3.05) is 6.61 Å². The van der Waals surface area contributed by atoms with E-state index in [9.17, 15) is 28.8 Å². The second-order valence-electron chi connectivity index (χ2n) is 10.8. The zero-order valence-corrected chi connectivity index (χ0v) is 26.0. The Morgan fingerprint density at radius 1 is 0.630 bits per heavy atom. The molecule has 0 saturated carbocycles. The maximum atomic E-state index is 14.3. The summed E-state index contributed by atoms with van der Waals surface area (Å²) in [6.45, 7) is 4.06. The third-order valence-corrected chi connectivity index (χ3v) is 7.90. The quantitative estimate of drug-likeness (QED) is 0.205. The van der Waals surface area contributed by atoms with Crippen molar-refractivity contribution >= 4 is 47.0 Å². The largest absolute Gasteiger partial charge is 0.463 e. The molecule has 46 heavy (non-hydrogen) atoms. The summed E-state index contributed by atoms with van der Waals surface area (Å²) >= 11 is 6.55. The summed E-state index contributed by atoms with van der Waals surface area (Å²) in [5.41, 5.74) is 1.33. The average molecular weight is 649 g/mol. The Kier molecular flexibility index (Phi) is 9.36. The highest BCUT2D eigenvalue weighted by molar-refractivity contribution is 6.35. The number of carbonyl (C=O) groups is 6. The molecule has 1 saturated heterocycles. The molecule has 0 spiro atoms. The van der Waals surface area contributed by atoms with E-state index in [0.29, 0.717) is 16.1 Å². The molecule has 0 amide bonds. The molecular formula is C34H29ClO11. The molecule has 1 aliphatic carbocycles. The number of carbonyl (C=O) groups excluding carboxylic acids is 6. The van der Waals surface area contributed by atoms with Crippen LogP contribution in [-0.4, -0.2) is 66.5 Å². The van der Waals surface area contributed by atoms with Gasteiger partial charge in [0.1, 0.15) is 18.8 Å². The highest BCUT2D eigenvalue weighted by Crippen LogP contribution is 2.44. The van der Waals surface area contributed by atoms with Crippen LogP contribution in [0.5, 0.6) is 0 Å². The number of hydrogen-bond donors (Lipinski definition) is 0. The smallest absolute Gasteiger partial charge is 0.303 e. The normalized spacial score (nSPS) is 21.8. The zero-order chi connectivity index (χ0) is 33.3. The van der Waals surface area contributed by atoms with Crippen molar-refractivity contribution in [3.05, 3.63) is 93.5 Å². The molecule has 3 aromatic carbocycles. The molecule has 5 rings (SSSR count). The predicted octanol–water partition coefficient (Wildman–Crippen LogP) is 4.58. The molecule has 0 unspecified atom stereocenters. The number of rotatable bonds is 7. The molecule has 0 N–H and O–H groups in total. The average Bonchev–Trinajstić information content (AvgIpc) is 3.00. The van der Waals surface area contributed by atoms with Gasteiger partial charge in [-0.3, -0.25) is 28.8 Å². The number of hydrogen-bond acceptors (Lipinski definition) is 11. The summed E-state index contributed by atoms with van der Waals surface area (Å²) < 4.78 is 28.3. The van der Waals surface area contributed by atoms with Crippen molar-refractivity contribution in [2.24, 2.45) is 0 Å². The maximum absolute atomic E-state index is 14.3. The fourth-order valence-corrected chi connectivity index (χ4v) is 6.11. The first kappa shape index (κ1) is 32.5. The van der Waals surface area contributed by atoms with E-state index in [1.165, 1.54) is 12.1 Å². The van der Waals surface area contributed by atoms with Crippen LogP contribution in [0.1, 0.15) is 71.2 Å². The molecule has 1 fully saturated rings. The second kappa shape index (κ2) is 13.2. The molecule has 3 aromatic rings. The Hall–Kier alpha value is -4.87. The van der Waals surface area contributed by atoms with Gasteiger partial charge >= 0.3 is 23.9 Å². The Balaban J connectivity index is 1.77. The van der Waals surface area contributed by atoms with Crippen LogP contribution in [0, 0.1) is 0 Å². The molecule has 1 aliphatic heterocycles. The topological polar surface area (TPSA) is 149 Å². The van der Waals surface area contributed by atoms with Gasteiger partial charge < -0.3 is 23.7 Å². The third-order valence-electron chi connectivity index (χ3n) is 7.57. The lowest BCUT2D eigenvalue weighted by Gasteiger charge is -2.45. The Bertz CT molecular complexity index is 1760. The van der Waals surface area contributed by atoms with Crippen LogP contribution in [0.4, 0.5) is 0 Å². The lowest BCUT2D eigenvalue weighted by atomic mass is 9.76. The standard InChI is InChI=1S/C34H29ClO11/c1-16(36)42-15-26-32(43-17(2)37)34(45-19(4)39)33(44-18(3)38)31(46-26)24-14-13-21(20-9-7-8-12-25(20)35)27-28(24)30(41)23-11-6-5-10-22(23)29(27)40/h5-14,26,31-34H,15H2,1-4H3/t26-,31+,32-,33+,34+/m1/s1. The minimum absolute atomic E-state index is 0.0398. The summed E-state index contributed by atoms with van der Waals surface area (Å²) in [5.74, 6) is -4.02. The highest BCUT2D eigenvalue weighted by Gasteiger charge is 2.54. The first-order chi connectivity index (χ1) is 21.9. The SMILES string of the molecule is CC(=O)OC[C@H]1O[C@@H](c2ccc(-c3ccccc3Cl)c3c2C(=O)c2ccccc2C3=O)[C@H](OC(C)=O)[C@@H](OC(C)=O)[C@@H]1OC(C)=O. The van der Waals surface area contributed by atoms with Gasteiger partial charge in [-0.2, -0.15) is 0 Å². The third kappa shape index (κ3) is 6.29. The van der Waals surface area contributed by atoms with E-state index in [-0.39, 0.29) is 27.8 Å². The van der Waals surface area contributed by atoms with Gasteiger partial charge in [-0.05, 0) is 17.2 Å². The lowest BCUT2D eigenvalue weighted by Crippen LogP contribution is -2.59. The first-order valence-electron chi connectivity index (χ1n) is 14.3. The summed E-state index contributed by atoms with van der Waals surface area (Å²) in [6, 6.07) is 16.3. The van der Waals surface area contributed by atoms with Crippen LogP contribution in [0.3, 0.4) is 0 Å². The summed E-state index contributed by atoms with van der Waals surface area (Å²) in [4.78, 5) is 77.2.